The number of rotatable bonds is 11. The molecule has 180 valence electrons. The van der Waals surface area contributed by atoms with Gasteiger partial charge in [-0.2, -0.15) is 0 Å². The minimum absolute atomic E-state index is 0.0862. The second-order valence-corrected chi connectivity index (χ2v) is 10.1. The van der Waals surface area contributed by atoms with Crippen molar-refractivity contribution in [2.24, 2.45) is 0 Å². The van der Waals surface area contributed by atoms with Gasteiger partial charge in [-0.3, -0.25) is 9.10 Å². The Kier molecular flexibility index (Phi) is 8.61. The molecule has 0 radical (unpaired) electrons. The zero-order chi connectivity index (χ0) is 23.8. The molecule has 0 N–H and O–H groups in total. The first kappa shape index (κ1) is 24.9. The van der Waals surface area contributed by atoms with Crippen molar-refractivity contribution in [3.05, 3.63) is 53.6 Å². The number of carbonyl (C=O) groups excluding carboxylic acids is 1. The summed E-state index contributed by atoms with van der Waals surface area (Å²) in [6.45, 7) is 8.71. The highest BCUT2D eigenvalue weighted by Crippen LogP contribution is 2.30. The van der Waals surface area contributed by atoms with E-state index in [2.05, 4.69) is 6.92 Å². The summed E-state index contributed by atoms with van der Waals surface area (Å²) in [6.07, 6.45) is 2.36. The molecule has 7 nitrogen and oxygen atoms in total. The molecule has 0 atom stereocenters. The molecular formula is C25H34N2O5S. The lowest BCUT2D eigenvalue weighted by atomic mass is 10.1. The van der Waals surface area contributed by atoms with Gasteiger partial charge in [0.1, 0.15) is 0 Å². The number of hydrogen-bond donors (Lipinski definition) is 0. The fourth-order valence-electron chi connectivity index (χ4n) is 3.88. The molecule has 8 heteroatoms. The van der Waals surface area contributed by atoms with Crippen molar-refractivity contribution < 1.29 is 22.7 Å². The van der Waals surface area contributed by atoms with Gasteiger partial charge in [-0.25, -0.2) is 8.42 Å². The maximum Gasteiger partial charge on any atom is 0.254 e. The molecule has 3 rings (SSSR count). The Balaban J connectivity index is 1.77. The number of anilines is 1. The second-order valence-electron chi connectivity index (χ2n) is 8.08. The summed E-state index contributed by atoms with van der Waals surface area (Å²) in [5.41, 5.74) is 2.11. The molecule has 1 aliphatic rings. The van der Waals surface area contributed by atoms with E-state index in [1.165, 1.54) is 4.31 Å². The lowest BCUT2D eigenvalue weighted by Crippen LogP contribution is -2.31. The highest BCUT2D eigenvalue weighted by Gasteiger charge is 2.28. The number of benzene rings is 2. The van der Waals surface area contributed by atoms with Crippen molar-refractivity contribution in [1.82, 2.24) is 4.90 Å². The predicted octanol–water partition coefficient (Wildman–Crippen LogP) is 4.47. The summed E-state index contributed by atoms with van der Waals surface area (Å²) in [4.78, 5) is 15.1. The smallest absolute Gasteiger partial charge is 0.254 e. The zero-order valence-electron chi connectivity index (χ0n) is 19.7. The Hall–Kier alpha value is -2.74. The van der Waals surface area contributed by atoms with Crippen LogP contribution < -0.4 is 13.8 Å². The van der Waals surface area contributed by atoms with Gasteiger partial charge < -0.3 is 14.4 Å². The van der Waals surface area contributed by atoms with E-state index in [9.17, 15) is 13.2 Å². The second kappa shape index (κ2) is 11.4. The fourth-order valence-corrected chi connectivity index (χ4v) is 5.44. The van der Waals surface area contributed by atoms with E-state index in [-0.39, 0.29) is 11.7 Å². The number of sulfonamides is 1. The average molecular weight is 475 g/mol. The Morgan fingerprint density at radius 3 is 2.36 bits per heavy atom. The van der Waals surface area contributed by atoms with Crippen molar-refractivity contribution in [2.45, 2.75) is 46.6 Å². The molecule has 1 aliphatic heterocycles. The fraction of sp³-hybridized carbons (Fsp3) is 0.480. The van der Waals surface area contributed by atoms with Crippen molar-refractivity contribution in [3.8, 4) is 11.5 Å². The molecule has 0 aromatic heterocycles. The third-order valence-electron chi connectivity index (χ3n) is 5.43. The van der Waals surface area contributed by atoms with E-state index in [4.69, 9.17) is 9.47 Å². The molecule has 2 aromatic carbocycles. The standard InChI is InChI=1S/C25H34N2O5S/c1-4-14-26(19-20-8-13-23(32-16-5-2)24(18-20)31-6-3)25(28)21-9-11-22(12-10-21)27-15-7-17-33(27,29)30/h8-13,18H,4-7,14-17,19H2,1-3H3. The third-order valence-corrected chi connectivity index (χ3v) is 7.29. The molecule has 1 fully saturated rings. The third kappa shape index (κ3) is 6.19. The minimum atomic E-state index is -3.24. The SMILES string of the molecule is CCCOc1ccc(CN(CCC)C(=O)c2ccc(N3CCCS3(=O)=O)cc2)cc1OCC. The van der Waals surface area contributed by atoms with Gasteiger partial charge in [-0.1, -0.05) is 19.9 Å². The number of amides is 1. The van der Waals surface area contributed by atoms with Gasteiger partial charge >= 0.3 is 0 Å². The van der Waals surface area contributed by atoms with Gasteiger partial charge in [0.2, 0.25) is 10.0 Å². The first-order valence-corrected chi connectivity index (χ1v) is 13.3. The van der Waals surface area contributed by atoms with Crippen molar-refractivity contribution in [2.75, 3.05) is 36.4 Å². The van der Waals surface area contributed by atoms with Crippen LogP contribution in [-0.4, -0.2) is 51.3 Å². The molecule has 1 saturated heterocycles. The quantitative estimate of drug-likeness (QED) is 0.480. The zero-order valence-corrected chi connectivity index (χ0v) is 20.6. The predicted molar refractivity (Wildman–Crippen MR) is 131 cm³/mol. The van der Waals surface area contributed by atoms with E-state index in [0.717, 1.165) is 18.4 Å². The molecule has 0 unspecified atom stereocenters. The Bertz CT molecular complexity index is 1040. The highest BCUT2D eigenvalue weighted by molar-refractivity contribution is 7.93. The van der Waals surface area contributed by atoms with Crippen LogP contribution in [0.15, 0.2) is 42.5 Å². The van der Waals surface area contributed by atoms with Crippen molar-refractivity contribution in [3.63, 3.8) is 0 Å². The number of hydrogen-bond acceptors (Lipinski definition) is 5. The van der Waals surface area contributed by atoms with Crippen molar-refractivity contribution in [1.29, 1.82) is 0 Å². The Labute approximate surface area is 197 Å². The van der Waals surface area contributed by atoms with E-state index in [0.29, 0.717) is 62.0 Å². The molecule has 0 spiro atoms. The van der Waals surface area contributed by atoms with Crippen LogP contribution >= 0.6 is 0 Å². The van der Waals surface area contributed by atoms with Gasteiger partial charge in [0, 0.05) is 25.2 Å². The first-order chi connectivity index (χ1) is 15.9. The van der Waals surface area contributed by atoms with Crippen LogP contribution in [0.4, 0.5) is 5.69 Å². The van der Waals surface area contributed by atoms with E-state index < -0.39 is 10.0 Å². The Morgan fingerprint density at radius 1 is 1.00 bits per heavy atom. The summed E-state index contributed by atoms with van der Waals surface area (Å²) < 4.78 is 37.3. The van der Waals surface area contributed by atoms with Gasteiger partial charge in [-0.15, -0.1) is 0 Å². The lowest BCUT2D eigenvalue weighted by Gasteiger charge is -2.24. The van der Waals surface area contributed by atoms with E-state index in [1.807, 2.05) is 32.0 Å². The topological polar surface area (TPSA) is 76.2 Å². The molecular weight excluding hydrogens is 440 g/mol. The van der Waals surface area contributed by atoms with Crippen LogP contribution in [0, 0.1) is 0 Å². The summed E-state index contributed by atoms with van der Waals surface area (Å²) in [5, 5.41) is 0. The molecule has 0 bridgehead atoms. The lowest BCUT2D eigenvalue weighted by molar-refractivity contribution is 0.0743. The maximum atomic E-state index is 13.3. The van der Waals surface area contributed by atoms with E-state index in [1.54, 1.807) is 29.2 Å². The van der Waals surface area contributed by atoms with Gasteiger partial charge in [0.25, 0.3) is 5.91 Å². The minimum Gasteiger partial charge on any atom is -0.490 e. The molecule has 1 heterocycles. The van der Waals surface area contributed by atoms with Crippen LogP contribution in [0.25, 0.3) is 0 Å². The van der Waals surface area contributed by atoms with Gasteiger partial charge in [-0.05, 0) is 68.1 Å². The molecule has 2 aromatic rings. The summed E-state index contributed by atoms with van der Waals surface area (Å²) in [7, 11) is -3.24. The summed E-state index contributed by atoms with van der Waals surface area (Å²) >= 11 is 0. The first-order valence-electron chi connectivity index (χ1n) is 11.7. The summed E-state index contributed by atoms with van der Waals surface area (Å²) in [5.74, 6) is 1.48. The van der Waals surface area contributed by atoms with Crippen LogP contribution in [0.3, 0.4) is 0 Å². The normalized spacial score (nSPS) is 14.8. The highest BCUT2D eigenvalue weighted by atomic mass is 32.2. The average Bonchev–Trinajstić information content (AvgIpc) is 3.17. The molecule has 33 heavy (non-hydrogen) atoms. The maximum absolute atomic E-state index is 13.3. The van der Waals surface area contributed by atoms with Gasteiger partial charge in [0.05, 0.1) is 24.7 Å². The van der Waals surface area contributed by atoms with Crippen LogP contribution in [0.2, 0.25) is 0 Å². The summed E-state index contributed by atoms with van der Waals surface area (Å²) in [6, 6.07) is 12.6. The molecule has 0 saturated carbocycles. The van der Waals surface area contributed by atoms with Crippen LogP contribution in [0.1, 0.15) is 56.0 Å². The monoisotopic (exact) mass is 474 g/mol. The number of nitrogens with zero attached hydrogens (tertiary/aromatic N) is 2. The van der Waals surface area contributed by atoms with Gasteiger partial charge in [0.15, 0.2) is 11.5 Å². The van der Waals surface area contributed by atoms with Crippen molar-refractivity contribution >= 4 is 21.6 Å². The molecule has 1 amide bonds. The van der Waals surface area contributed by atoms with E-state index >= 15 is 0 Å². The Morgan fingerprint density at radius 2 is 1.76 bits per heavy atom. The number of ether oxygens (including phenoxy) is 2. The molecule has 0 aliphatic carbocycles. The van der Waals surface area contributed by atoms with Crippen LogP contribution in [0.5, 0.6) is 11.5 Å². The largest absolute Gasteiger partial charge is 0.490 e. The number of carbonyl (C=O) groups is 1. The van der Waals surface area contributed by atoms with Crippen LogP contribution in [-0.2, 0) is 16.6 Å².